The van der Waals surface area contributed by atoms with Gasteiger partial charge in [-0.25, -0.2) is 0 Å². The molecule has 0 spiro atoms. The lowest BCUT2D eigenvalue weighted by Gasteiger charge is -2.32. The van der Waals surface area contributed by atoms with E-state index in [1.807, 2.05) is 0 Å². The summed E-state index contributed by atoms with van der Waals surface area (Å²) in [6.07, 6.45) is 0. The molecule has 4 heteroatoms. The van der Waals surface area contributed by atoms with Crippen LogP contribution in [0.5, 0.6) is 0 Å². The summed E-state index contributed by atoms with van der Waals surface area (Å²) in [7, 11) is -1.49. The maximum absolute atomic E-state index is 9.27. The van der Waals surface area contributed by atoms with Crippen LogP contribution in [0.3, 0.4) is 0 Å². The standard InChI is InChI=1S/C36H34BNO2/c1-35(2)36(3,4)40-37(39-35)31-19-25-34(26-20-31)38(32-21-15-29(16-22-32)27-11-7-5-8-12-27)33-23-17-30(18-24-33)28-13-9-6-10-14-28/h5-26H,1-4H3/i5D,6D,7D,8D,9D,10D,11D,12D,13D,14D,15D,16D,17D,18D,19D,20D,21D,22D,23D,24D,25D,26D. The molecule has 0 aromatic heterocycles. The van der Waals surface area contributed by atoms with Crippen molar-refractivity contribution in [3.05, 3.63) is 133 Å². The van der Waals surface area contributed by atoms with Crippen LogP contribution >= 0.6 is 0 Å². The molecule has 1 heterocycles. The fourth-order valence-corrected chi connectivity index (χ4v) is 3.68. The van der Waals surface area contributed by atoms with E-state index >= 15 is 0 Å². The molecule has 0 aliphatic carbocycles. The van der Waals surface area contributed by atoms with E-state index in [1.54, 1.807) is 27.7 Å². The summed E-state index contributed by atoms with van der Waals surface area (Å²) in [5, 5.41) is 0. The topological polar surface area (TPSA) is 21.7 Å². The van der Waals surface area contributed by atoms with Crippen LogP contribution in [0.1, 0.15) is 57.9 Å². The van der Waals surface area contributed by atoms with E-state index in [9.17, 15) is 8.22 Å². The molecule has 5 aromatic rings. The van der Waals surface area contributed by atoms with Gasteiger partial charge in [0.2, 0.25) is 0 Å². The average Bonchev–Trinajstić information content (AvgIpc) is 3.42. The molecule has 3 nitrogen and oxygen atoms in total. The van der Waals surface area contributed by atoms with Gasteiger partial charge < -0.3 is 14.2 Å². The van der Waals surface area contributed by atoms with E-state index in [4.69, 9.17) is 31.2 Å². The van der Waals surface area contributed by atoms with Gasteiger partial charge in [-0.15, -0.1) is 0 Å². The van der Waals surface area contributed by atoms with Gasteiger partial charge >= 0.3 is 7.12 Å². The molecular weight excluding hydrogens is 489 g/mol. The molecule has 6 rings (SSSR count). The van der Waals surface area contributed by atoms with Gasteiger partial charge in [0.05, 0.1) is 41.4 Å². The molecule has 0 unspecified atom stereocenters. The first-order chi connectivity index (χ1) is 28.5. The number of nitrogens with zero attached hydrogens (tertiary/aromatic N) is 1. The molecule has 0 radical (unpaired) electrons. The summed E-state index contributed by atoms with van der Waals surface area (Å²) in [5.74, 6) is 0. The zero-order chi connectivity index (χ0) is 46.9. The van der Waals surface area contributed by atoms with E-state index in [0.717, 1.165) is 0 Å². The average molecular weight is 546 g/mol. The molecule has 0 amide bonds. The predicted molar refractivity (Wildman–Crippen MR) is 168 cm³/mol. The lowest BCUT2D eigenvalue weighted by Crippen LogP contribution is -2.41. The fourth-order valence-electron chi connectivity index (χ4n) is 3.68. The third-order valence-corrected chi connectivity index (χ3v) is 6.51. The van der Waals surface area contributed by atoms with Crippen LogP contribution in [0.2, 0.25) is 0 Å². The molecular formula is C36H34BNO2. The second kappa shape index (κ2) is 10.5. The van der Waals surface area contributed by atoms with E-state index in [2.05, 4.69) is 0 Å². The molecule has 0 N–H and O–H groups in total. The molecule has 0 atom stereocenters. The number of hydrogen-bond acceptors (Lipinski definition) is 3. The fraction of sp³-hybridized carbons (Fsp3) is 0.167. The normalized spacial score (nSPS) is 23.4. The van der Waals surface area contributed by atoms with E-state index in [0.29, 0.717) is 4.90 Å². The highest BCUT2D eigenvalue weighted by molar-refractivity contribution is 6.62. The Morgan fingerprint density at radius 2 is 0.800 bits per heavy atom. The van der Waals surface area contributed by atoms with Crippen LogP contribution < -0.4 is 10.4 Å². The number of rotatable bonds is 6. The summed E-state index contributed by atoms with van der Waals surface area (Å²) >= 11 is 0. The van der Waals surface area contributed by atoms with Gasteiger partial charge in [-0.2, -0.15) is 0 Å². The lowest BCUT2D eigenvalue weighted by molar-refractivity contribution is 0.00578. The molecule has 1 saturated heterocycles. The van der Waals surface area contributed by atoms with Gasteiger partial charge in [0, 0.05) is 17.1 Å². The van der Waals surface area contributed by atoms with Crippen molar-refractivity contribution in [2.24, 2.45) is 0 Å². The molecule has 40 heavy (non-hydrogen) atoms. The summed E-state index contributed by atoms with van der Waals surface area (Å²) in [4.78, 5) is 0.452. The second-order valence-corrected chi connectivity index (χ2v) is 9.63. The van der Waals surface area contributed by atoms with Gasteiger partial charge in [0.1, 0.15) is 0 Å². The highest BCUT2D eigenvalue weighted by Gasteiger charge is 2.51. The van der Waals surface area contributed by atoms with E-state index in [1.165, 1.54) is 0 Å². The Kier molecular flexibility index (Phi) is 2.89. The first-order valence-corrected chi connectivity index (χ1v) is 12.1. The van der Waals surface area contributed by atoms with Crippen molar-refractivity contribution in [1.29, 1.82) is 0 Å². The SMILES string of the molecule is [2H]c1c([2H])c([2H])c(-c2c([2H])c([2H])c(N(c3c([2H])c([2H])c(B4OC(C)(C)C(C)(C)O4)c([2H])c3[2H])c3c([2H])c([2H])c(-c4c([2H])c([2H])c([2H])c([2H])c4[2H])c([2H])c3[2H])c([2H])c2[2H])c([2H])c1[2H]. The quantitative estimate of drug-likeness (QED) is 0.199. The first-order valence-electron chi connectivity index (χ1n) is 23.1. The van der Waals surface area contributed by atoms with E-state index in [-0.39, 0.29) is 0 Å². The van der Waals surface area contributed by atoms with Crippen LogP contribution in [0.25, 0.3) is 22.3 Å². The van der Waals surface area contributed by atoms with Gasteiger partial charge in [0.15, 0.2) is 0 Å². The van der Waals surface area contributed by atoms with Crippen molar-refractivity contribution in [2.75, 3.05) is 4.90 Å². The molecule has 1 fully saturated rings. The third kappa shape index (κ3) is 5.09. The maximum Gasteiger partial charge on any atom is 0.494 e. The van der Waals surface area contributed by atoms with Crippen molar-refractivity contribution in [3.63, 3.8) is 0 Å². The Bertz CT molecular complexity index is 2510. The molecule has 198 valence electrons. The van der Waals surface area contributed by atoms with Gasteiger partial charge in [0.25, 0.3) is 0 Å². The summed E-state index contributed by atoms with van der Waals surface area (Å²) in [6.45, 7) is 6.69. The zero-order valence-corrected chi connectivity index (χ0v) is 21.8. The molecule has 0 saturated carbocycles. The highest BCUT2D eigenvalue weighted by atomic mass is 16.7. The van der Waals surface area contributed by atoms with Crippen molar-refractivity contribution >= 4 is 29.6 Å². The summed E-state index contributed by atoms with van der Waals surface area (Å²) in [6, 6.07) is -20.9. The van der Waals surface area contributed by atoms with Crippen LogP contribution in [0.15, 0.2) is 133 Å². The van der Waals surface area contributed by atoms with Gasteiger partial charge in [-0.3, -0.25) is 0 Å². The van der Waals surface area contributed by atoms with Gasteiger partial charge in [-0.1, -0.05) is 96.7 Å². The Labute approximate surface area is 269 Å². The highest BCUT2D eigenvalue weighted by Crippen LogP contribution is 2.38. The molecule has 1 aliphatic rings. The molecule has 1 aliphatic heterocycles. The molecule has 5 aromatic carbocycles. The van der Waals surface area contributed by atoms with Crippen LogP contribution in [0, 0.1) is 0 Å². The lowest BCUT2D eigenvalue weighted by atomic mass is 9.79. The summed E-state index contributed by atoms with van der Waals surface area (Å²) < 4.78 is 204. The Hall–Kier alpha value is -4.12. The predicted octanol–water partition coefficient (Wildman–Crippen LogP) is 8.79. The number of hydrogen-bond donors (Lipinski definition) is 0. The van der Waals surface area contributed by atoms with Crippen molar-refractivity contribution in [2.45, 2.75) is 38.9 Å². The Morgan fingerprint density at radius 1 is 0.475 bits per heavy atom. The second-order valence-electron chi connectivity index (χ2n) is 9.63. The maximum atomic E-state index is 9.27. The van der Waals surface area contributed by atoms with Crippen molar-refractivity contribution in [1.82, 2.24) is 0 Å². The Balaban J connectivity index is 1.79. The van der Waals surface area contributed by atoms with Gasteiger partial charge in [-0.05, 0) is 91.7 Å². The smallest absolute Gasteiger partial charge is 0.399 e. The van der Waals surface area contributed by atoms with Crippen LogP contribution in [0.4, 0.5) is 17.1 Å². The monoisotopic (exact) mass is 545 g/mol. The Morgan fingerprint density at radius 3 is 1.18 bits per heavy atom. The van der Waals surface area contributed by atoms with E-state index < -0.39 is 196 Å². The summed E-state index contributed by atoms with van der Waals surface area (Å²) in [5.41, 5.74) is -8.39. The minimum absolute atomic E-state index is 0.408. The molecule has 0 bridgehead atoms. The minimum Gasteiger partial charge on any atom is -0.399 e. The number of anilines is 3. The van der Waals surface area contributed by atoms with Crippen molar-refractivity contribution < 1.29 is 39.5 Å². The van der Waals surface area contributed by atoms with Crippen LogP contribution in [-0.2, 0) is 9.31 Å². The number of benzene rings is 5. The van der Waals surface area contributed by atoms with Crippen LogP contribution in [-0.4, -0.2) is 18.3 Å². The minimum atomic E-state index is -1.49. The first kappa shape index (κ1) is 11.0. The van der Waals surface area contributed by atoms with Crippen molar-refractivity contribution in [3.8, 4) is 22.3 Å². The largest absolute Gasteiger partial charge is 0.494 e. The zero-order valence-electron chi connectivity index (χ0n) is 43.8. The third-order valence-electron chi connectivity index (χ3n) is 6.51.